The van der Waals surface area contributed by atoms with E-state index in [0.717, 1.165) is 6.07 Å². The van der Waals surface area contributed by atoms with Gasteiger partial charge in [0.2, 0.25) is 0 Å². The van der Waals surface area contributed by atoms with E-state index in [2.05, 4.69) is 5.32 Å². The Morgan fingerprint density at radius 2 is 1.68 bits per heavy atom. The van der Waals surface area contributed by atoms with Crippen molar-refractivity contribution >= 4 is 5.91 Å². The number of hydrogen-bond donors (Lipinski definition) is 2. The van der Waals surface area contributed by atoms with Gasteiger partial charge in [-0.25, -0.2) is 4.39 Å². The van der Waals surface area contributed by atoms with Gasteiger partial charge in [0.25, 0.3) is 5.91 Å². The van der Waals surface area contributed by atoms with Gasteiger partial charge in [-0.2, -0.15) is 0 Å². The number of aliphatic hydroxyl groups excluding tert-OH is 1. The quantitative estimate of drug-likeness (QED) is 0.802. The molecule has 0 aromatic heterocycles. The summed E-state index contributed by atoms with van der Waals surface area (Å²) in [4.78, 5) is 12.1. The Hall–Kier alpha value is -2.80. The molecule has 0 aliphatic rings. The zero-order chi connectivity index (χ0) is 18.4. The summed E-state index contributed by atoms with van der Waals surface area (Å²) in [5.74, 6) is -0.0580. The van der Waals surface area contributed by atoms with Gasteiger partial charge in [-0.15, -0.1) is 0 Å². The van der Waals surface area contributed by atoms with Crippen LogP contribution in [0.4, 0.5) is 4.39 Å². The standard InChI is InChI=1S/C18H20FNO5/c1-23-15-6-5-12(8-13(15)19)18(22)20-10-14(21)11-4-7-16(24-2)17(9-11)25-3/h4-9,14,21H,10H2,1-3H3,(H,20,22)/t14-/m0/s1. The molecule has 0 fully saturated rings. The first kappa shape index (κ1) is 18.5. The summed E-state index contributed by atoms with van der Waals surface area (Å²) in [6, 6.07) is 8.86. The molecule has 0 heterocycles. The van der Waals surface area contributed by atoms with Crippen LogP contribution in [-0.2, 0) is 0 Å². The van der Waals surface area contributed by atoms with E-state index in [0.29, 0.717) is 17.1 Å². The van der Waals surface area contributed by atoms with Crippen LogP contribution < -0.4 is 19.5 Å². The number of benzene rings is 2. The lowest BCUT2D eigenvalue weighted by atomic mass is 10.1. The van der Waals surface area contributed by atoms with Crippen molar-refractivity contribution in [3.8, 4) is 17.2 Å². The Labute approximate surface area is 145 Å². The number of rotatable bonds is 7. The Kier molecular flexibility index (Phi) is 6.19. The second kappa shape index (κ2) is 8.34. The lowest BCUT2D eigenvalue weighted by molar-refractivity contribution is 0.0915. The fourth-order valence-corrected chi connectivity index (χ4v) is 2.28. The molecule has 1 amide bonds. The van der Waals surface area contributed by atoms with Gasteiger partial charge in [0, 0.05) is 12.1 Å². The molecule has 0 radical (unpaired) electrons. The highest BCUT2D eigenvalue weighted by molar-refractivity contribution is 5.94. The second-order valence-corrected chi connectivity index (χ2v) is 5.19. The number of carbonyl (C=O) groups is 1. The first-order valence-corrected chi connectivity index (χ1v) is 7.51. The Morgan fingerprint density at radius 1 is 1.04 bits per heavy atom. The van der Waals surface area contributed by atoms with E-state index in [-0.39, 0.29) is 17.9 Å². The molecule has 134 valence electrons. The lowest BCUT2D eigenvalue weighted by Gasteiger charge is -2.15. The Morgan fingerprint density at radius 3 is 2.28 bits per heavy atom. The van der Waals surface area contributed by atoms with Crippen molar-refractivity contribution in [2.45, 2.75) is 6.10 Å². The predicted octanol–water partition coefficient (Wildman–Crippen LogP) is 2.31. The van der Waals surface area contributed by atoms with Gasteiger partial charge in [-0.1, -0.05) is 6.07 Å². The minimum atomic E-state index is -0.952. The van der Waals surface area contributed by atoms with Crippen molar-refractivity contribution in [2.75, 3.05) is 27.9 Å². The smallest absolute Gasteiger partial charge is 0.251 e. The molecular weight excluding hydrogens is 329 g/mol. The van der Waals surface area contributed by atoms with Crippen LogP contribution in [0.3, 0.4) is 0 Å². The summed E-state index contributed by atoms with van der Waals surface area (Å²) >= 11 is 0. The highest BCUT2D eigenvalue weighted by Gasteiger charge is 2.15. The molecule has 7 heteroatoms. The van der Waals surface area contributed by atoms with Gasteiger partial charge in [-0.3, -0.25) is 4.79 Å². The molecular formula is C18H20FNO5. The zero-order valence-corrected chi connectivity index (χ0v) is 14.2. The highest BCUT2D eigenvalue weighted by atomic mass is 19.1. The Balaban J connectivity index is 2.03. The molecule has 0 aliphatic heterocycles. The number of amides is 1. The second-order valence-electron chi connectivity index (χ2n) is 5.19. The number of nitrogens with one attached hydrogen (secondary N) is 1. The lowest BCUT2D eigenvalue weighted by Crippen LogP contribution is -2.28. The van der Waals surface area contributed by atoms with E-state index in [1.165, 1.54) is 33.5 Å². The van der Waals surface area contributed by atoms with Crippen LogP contribution in [0, 0.1) is 5.82 Å². The molecule has 0 unspecified atom stereocenters. The van der Waals surface area contributed by atoms with Crippen LogP contribution in [0.25, 0.3) is 0 Å². The maximum Gasteiger partial charge on any atom is 0.251 e. The number of aliphatic hydroxyl groups is 1. The summed E-state index contributed by atoms with van der Waals surface area (Å²) in [7, 11) is 4.35. The molecule has 0 saturated carbocycles. The van der Waals surface area contributed by atoms with Crippen LogP contribution in [-0.4, -0.2) is 38.9 Å². The third kappa shape index (κ3) is 4.39. The van der Waals surface area contributed by atoms with Crippen LogP contribution >= 0.6 is 0 Å². The van der Waals surface area contributed by atoms with Crippen LogP contribution in [0.1, 0.15) is 22.0 Å². The minimum Gasteiger partial charge on any atom is -0.494 e. The van der Waals surface area contributed by atoms with Crippen LogP contribution in [0.5, 0.6) is 17.2 Å². The Bertz CT molecular complexity index is 750. The van der Waals surface area contributed by atoms with E-state index < -0.39 is 17.8 Å². The number of hydrogen-bond acceptors (Lipinski definition) is 5. The van der Waals surface area contributed by atoms with Crippen LogP contribution in [0.2, 0.25) is 0 Å². The minimum absolute atomic E-state index is 0.0397. The number of ether oxygens (including phenoxy) is 3. The summed E-state index contributed by atoms with van der Waals surface area (Å²) in [5.41, 5.74) is 0.691. The molecule has 0 aliphatic carbocycles. The van der Waals surface area contributed by atoms with E-state index in [1.54, 1.807) is 18.2 Å². The fraction of sp³-hybridized carbons (Fsp3) is 0.278. The van der Waals surface area contributed by atoms with Gasteiger partial charge in [0.05, 0.1) is 27.4 Å². The molecule has 1 atom stereocenters. The predicted molar refractivity (Wildman–Crippen MR) is 89.8 cm³/mol. The van der Waals surface area contributed by atoms with E-state index >= 15 is 0 Å². The van der Waals surface area contributed by atoms with E-state index in [1.807, 2.05) is 0 Å². The van der Waals surface area contributed by atoms with Gasteiger partial charge in [0.15, 0.2) is 23.1 Å². The van der Waals surface area contributed by atoms with Crippen molar-refractivity contribution in [2.24, 2.45) is 0 Å². The van der Waals surface area contributed by atoms with Gasteiger partial charge >= 0.3 is 0 Å². The third-order valence-electron chi connectivity index (χ3n) is 3.66. The monoisotopic (exact) mass is 349 g/mol. The maximum absolute atomic E-state index is 13.6. The first-order valence-electron chi connectivity index (χ1n) is 7.51. The number of carbonyl (C=O) groups excluding carboxylic acids is 1. The van der Waals surface area contributed by atoms with Crippen molar-refractivity contribution in [1.82, 2.24) is 5.32 Å². The molecule has 0 spiro atoms. The maximum atomic E-state index is 13.6. The molecule has 0 bridgehead atoms. The molecule has 2 aromatic carbocycles. The van der Waals surface area contributed by atoms with E-state index in [4.69, 9.17) is 14.2 Å². The molecule has 2 N–H and O–H groups in total. The van der Waals surface area contributed by atoms with Crippen molar-refractivity contribution in [1.29, 1.82) is 0 Å². The summed E-state index contributed by atoms with van der Waals surface area (Å²) < 4.78 is 28.8. The third-order valence-corrected chi connectivity index (χ3v) is 3.66. The summed E-state index contributed by atoms with van der Waals surface area (Å²) in [6.07, 6.45) is -0.952. The average molecular weight is 349 g/mol. The number of halogens is 1. The van der Waals surface area contributed by atoms with Crippen LogP contribution in [0.15, 0.2) is 36.4 Å². The highest BCUT2D eigenvalue weighted by Crippen LogP contribution is 2.29. The largest absolute Gasteiger partial charge is 0.494 e. The topological polar surface area (TPSA) is 77.0 Å². The van der Waals surface area contributed by atoms with Crippen molar-refractivity contribution < 1.29 is 28.5 Å². The summed E-state index contributed by atoms with van der Waals surface area (Å²) in [6.45, 7) is -0.0397. The molecule has 0 saturated heterocycles. The fourth-order valence-electron chi connectivity index (χ4n) is 2.28. The van der Waals surface area contributed by atoms with Gasteiger partial charge < -0.3 is 24.6 Å². The molecule has 25 heavy (non-hydrogen) atoms. The van der Waals surface area contributed by atoms with Gasteiger partial charge in [-0.05, 0) is 35.9 Å². The van der Waals surface area contributed by atoms with E-state index in [9.17, 15) is 14.3 Å². The zero-order valence-electron chi connectivity index (χ0n) is 14.2. The van der Waals surface area contributed by atoms with Crippen molar-refractivity contribution in [3.63, 3.8) is 0 Å². The number of methoxy groups -OCH3 is 3. The molecule has 2 aromatic rings. The van der Waals surface area contributed by atoms with Crippen molar-refractivity contribution in [3.05, 3.63) is 53.3 Å². The normalized spacial score (nSPS) is 11.6. The summed E-state index contributed by atoms with van der Waals surface area (Å²) in [5, 5.41) is 12.8. The van der Waals surface area contributed by atoms with Gasteiger partial charge in [0.1, 0.15) is 0 Å². The first-order chi connectivity index (χ1) is 12.0. The molecule has 2 rings (SSSR count). The molecule has 6 nitrogen and oxygen atoms in total. The SMILES string of the molecule is COc1ccc(C(=O)NC[C@H](O)c2ccc(OC)c(OC)c2)cc1F. The average Bonchev–Trinajstić information content (AvgIpc) is 2.64.